The molecule has 1 aliphatic carbocycles. The summed E-state index contributed by atoms with van der Waals surface area (Å²) in [5.74, 6) is -0.542. The minimum atomic E-state index is -4.47. The van der Waals surface area contributed by atoms with Crippen molar-refractivity contribution in [2.75, 3.05) is 22.7 Å². The first-order valence-electron chi connectivity index (χ1n) is 12.0. The predicted octanol–water partition coefficient (Wildman–Crippen LogP) is 7.53. The van der Waals surface area contributed by atoms with Gasteiger partial charge in [-0.3, -0.25) is 0 Å². The first-order chi connectivity index (χ1) is 17.1. The second-order valence-corrected chi connectivity index (χ2v) is 11.3. The number of alkyl halides is 3. The van der Waals surface area contributed by atoms with Crippen LogP contribution in [0.4, 0.5) is 35.4 Å². The molecule has 0 atom stereocenters. The molecule has 2 heterocycles. The molecule has 2 aromatic rings. The molecule has 0 unspecified atom stereocenters. The van der Waals surface area contributed by atoms with Crippen molar-refractivity contribution >= 4 is 51.4 Å². The van der Waals surface area contributed by atoms with Crippen LogP contribution in [0.5, 0.6) is 0 Å². The molecule has 1 aliphatic heterocycles. The number of rotatable bonds is 7. The zero-order chi connectivity index (χ0) is 25.9. The fourth-order valence-corrected chi connectivity index (χ4v) is 5.41. The fourth-order valence-electron chi connectivity index (χ4n) is 4.48. The van der Waals surface area contributed by atoms with E-state index in [1.165, 1.54) is 0 Å². The number of carbonyl (C=O) groups excluding carboxylic acids is 1. The van der Waals surface area contributed by atoms with Gasteiger partial charge in [-0.25, -0.2) is 4.79 Å². The van der Waals surface area contributed by atoms with E-state index in [2.05, 4.69) is 43.9 Å². The number of anilines is 2. The van der Waals surface area contributed by atoms with Gasteiger partial charge in [-0.15, -0.1) is 20.4 Å². The first kappa shape index (κ1) is 26.6. The lowest BCUT2D eigenvalue weighted by Gasteiger charge is -2.40. The third-order valence-electron chi connectivity index (χ3n) is 6.51. The summed E-state index contributed by atoms with van der Waals surface area (Å²) in [5.41, 5.74) is -2.35. The van der Waals surface area contributed by atoms with Crippen LogP contribution in [-0.4, -0.2) is 40.9 Å². The molecule has 8 nitrogen and oxygen atoms in total. The number of benzene rings is 1. The Hall–Kier alpha value is -2.41. The van der Waals surface area contributed by atoms with Gasteiger partial charge in [-0.05, 0) is 62.1 Å². The molecule has 1 aromatic carbocycles. The maximum Gasteiger partial charge on any atom is 0.461 e. The fraction of sp³-hybridized carbons (Fsp3) is 0.609. The smallest absolute Gasteiger partial charge is 0.457 e. The van der Waals surface area contributed by atoms with Gasteiger partial charge in [0.05, 0.1) is 17.6 Å². The number of halogens is 3. The van der Waals surface area contributed by atoms with Crippen molar-refractivity contribution in [3.05, 3.63) is 22.7 Å². The van der Waals surface area contributed by atoms with Gasteiger partial charge in [0, 0.05) is 18.8 Å². The average molecular weight is 543 g/mol. The van der Waals surface area contributed by atoms with Crippen LogP contribution < -0.4 is 9.62 Å². The highest BCUT2D eigenvalue weighted by atomic mass is 32.2. The Morgan fingerprint density at radius 3 is 2.69 bits per heavy atom. The van der Waals surface area contributed by atoms with Crippen molar-refractivity contribution in [3.8, 4) is 0 Å². The highest BCUT2D eigenvalue weighted by Crippen LogP contribution is 2.46. The Kier molecular flexibility index (Phi) is 8.08. The second kappa shape index (κ2) is 10.9. The van der Waals surface area contributed by atoms with E-state index in [9.17, 15) is 18.0 Å². The molecule has 1 saturated carbocycles. The van der Waals surface area contributed by atoms with Crippen molar-refractivity contribution in [1.29, 1.82) is 0 Å². The molecule has 2 aliphatic rings. The standard InChI is InChI=1S/C23H29F3N6O2S2/c1-4-32-11-10-22(2,3)15-12-16(17(13-18(15)32)31-36-23(24,25)26)27-29-21-30-28-19(35-21)20(33)34-14-8-6-5-7-9-14/h12-14,31H,4-11H2,1-3H3. The number of nitrogens with one attached hydrogen (secondary N) is 1. The summed E-state index contributed by atoms with van der Waals surface area (Å²) in [6.45, 7) is 7.77. The summed E-state index contributed by atoms with van der Waals surface area (Å²) in [6.07, 6.45) is 5.68. The van der Waals surface area contributed by atoms with Crippen molar-refractivity contribution < 1.29 is 22.7 Å². The number of esters is 1. The Morgan fingerprint density at radius 1 is 1.25 bits per heavy atom. The quantitative estimate of drug-likeness (QED) is 0.220. The third-order valence-corrected chi connectivity index (χ3v) is 7.85. The molecule has 0 bridgehead atoms. The lowest BCUT2D eigenvalue weighted by molar-refractivity contribution is -0.0324. The largest absolute Gasteiger partial charge is 0.461 e. The topological polar surface area (TPSA) is 92.1 Å². The molecule has 0 radical (unpaired) electrons. The van der Waals surface area contributed by atoms with E-state index >= 15 is 0 Å². The molecular formula is C23H29F3N6O2S2. The molecule has 13 heteroatoms. The van der Waals surface area contributed by atoms with Gasteiger partial charge in [-0.1, -0.05) is 31.6 Å². The Morgan fingerprint density at radius 2 is 2.00 bits per heavy atom. The van der Waals surface area contributed by atoms with E-state index in [1.54, 1.807) is 12.1 Å². The molecular weight excluding hydrogens is 513 g/mol. The second-order valence-electron chi connectivity index (χ2n) is 9.51. The Bertz CT molecular complexity index is 1120. The highest BCUT2D eigenvalue weighted by Gasteiger charge is 2.33. The SMILES string of the molecule is CCN1CCC(C)(C)c2cc(N=Nc3nnc(C(=O)OC4CCCCC4)s3)c(NSC(F)(F)F)cc21. The number of aromatic nitrogens is 2. The molecule has 1 N–H and O–H groups in total. The maximum absolute atomic E-state index is 13.0. The Balaban J connectivity index is 1.59. The van der Waals surface area contributed by atoms with E-state index in [0.717, 1.165) is 74.2 Å². The van der Waals surface area contributed by atoms with Gasteiger partial charge in [0.1, 0.15) is 11.8 Å². The van der Waals surface area contributed by atoms with Crippen LogP contribution in [-0.2, 0) is 10.2 Å². The number of azo groups is 1. The molecule has 36 heavy (non-hydrogen) atoms. The summed E-state index contributed by atoms with van der Waals surface area (Å²) >= 11 is 0.583. The van der Waals surface area contributed by atoms with Gasteiger partial charge >= 0.3 is 11.5 Å². The summed E-state index contributed by atoms with van der Waals surface area (Å²) in [7, 11) is 0. The minimum absolute atomic E-state index is 0.0747. The van der Waals surface area contributed by atoms with E-state index in [1.807, 2.05) is 6.92 Å². The van der Waals surface area contributed by atoms with Crippen molar-refractivity contribution in [3.63, 3.8) is 0 Å². The van der Waals surface area contributed by atoms with Crippen LogP contribution in [0.1, 0.15) is 74.7 Å². The molecule has 1 fully saturated rings. The average Bonchev–Trinajstić information content (AvgIpc) is 3.31. The van der Waals surface area contributed by atoms with Crippen LogP contribution in [0.25, 0.3) is 0 Å². The molecule has 4 rings (SSSR count). The number of hydrogen-bond acceptors (Lipinski definition) is 10. The van der Waals surface area contributed by atoms with Gasteiger partial charge < -0.3 is 14.4 Å². The van der Waals surface area contributed by atoms with E-state index in [0.29, 0.717) is 0 Å². The van der Waals surface area contributed by atoms with Crippen LogP contribution >= 0.6 is 23.3 Å². The molecule has 1 aromatic heterocycles. The number of carbonyl (C=O) groups is 1. The minimum Gasteiger partial charge on any atom is -0.457 e. The zero-order valence-electron chi connectivity index (χ0n) is 20.4. The number of nitrogens with zero attached hydrogens (tertiary/aromatic N) is 5. The number of hydrogen-bond donors (Lipinski definition) is 1. The van der Waals surface area contributed by atoms with Crippen LogP contribution in [0.15, 0.2) is 22.4 Å². The van der Waals surface area contributed by atoms with Crippen LogP contribution in [0.2, 0.25) is 0 Å². The van der Waals surface area contributed by atoms with Crippen molar-refractivity contribution in [1.82, 2.24) is 10.2 Å². The van der Waals surface area contributed by atoms with Crippen LogP contribution in [0, 0.1) is 0 Å². The monoisotopic (exact) mass is 542 g/mol. The molecule has 0 saturated heterocycles. The summed E-state index contributed by atoms with van der Waals surface area (Å²) in [4.78, 5) is 14.6. The third kappa shape index (κ3) is 6.47. The molecule has 0 amide bonds. The number of fused-ring (bicyclic) bond motifs is 1. The van der Waals surface area contributed by atoms with E-state index < -0.39 is 11.5 Å². The molecule has 0 spiro atoms. The van der Waals surface area contributed by atoms with Crippen LogP contribution in [0.3, 0.4) is 0 Å². The normalized spacial score (nSPS) is 18.3. The van der Waals surface area contributed by atoms with E-state index in [4.69, 9.17) is 4.74 Å². The predicted molar refractivity (Wildman–Crippen MR) is 136 cm³/mol. The highest BCUT2D eigenvalue weighted by molar-refractivity contribution is 8.01. The lowest BCUT2D eigenvalue weighted by Crippen LogP contribution is -2.37. The summed E-state index contributed by atoms with van der Waals surface area (Å²) < 4.78 is 46.8. The Labute approximate surface area is 216 Å². The summed E-state index contributed by atoms with van der Waals surface area (Å²) in [5, 5.41) is 16.2. The van der Waals surface area contributed by atoms with Gasteiger partial charge in [-0.2, -0.15) is 13.2 Å². The van der Waals surface area contributed by atoms with Gasteiger partial charge in [0.2, 0.25) is 5.01 Å². The first-order valence-corrected chi connectivity index (χ1v) is 13.6. The summed E-state index contributed by atoms with van der Waals surface area (Å²) in [6, 6.07) is 3.47. The maximum atomic E-state index is 13.0. The lowest BCUT2D eigenvalue weighted by atomic mass is 9.77. The zero-order valence-corrected chi connectivity index (χ0v) is 22.0. The number of ether oxygens (including phenoxy) is 1. The van der Waals surface area contributed by atoms with Gasteiger partial charge in [0.25, 0.3) is 5.13 Å². The van der Waals surface area contributed by atoms with E-state index in [-0.39, 0.29) is 45.0 Å². The van der Waals surface area contributed by atoms with Crippen molar-refractivity contribution in [2.24, 2.45) is 10.2 Å². The van der Waals surface area contributed by atoms with Gasteiger partial charge in [0.15, 0.2) is 0 Å². The molecule has 196 valence electrons. The van der Waals surface area contributed by atoms with Crippen molar-refractivity contribution in [2.45, 2.75) is 76.3 Å².